The first kappa shape index (κ1) is 16.0. The van der Waals surface area contributed by atoms with E-state index in [1.807, 2.05) is 24.3 Å². The van der Waals surface area contributed by atoms with Gasteiger partial charge in [-0.15, -0.1) is 0 Å². The fourth-order valence-electron chi connectivity index (χ4n) is 2.77. The van der Waals surface area contributed by atoms with Crippen molar-refractivity contribution in [1.82, 2.24) is 15.0 Å². The van der Waals surface area contributed by atoms with Gasteiger partial charge in [-0.2, -0.15) is 4.98 Å². The van der Waals surface area contributed by atoms with Crippen LogP contribution in [0.15, 0.2) is 28.8 Å². The van der Waals surface area contributed by atoms with Crippen LogP contribution in [0.4, 0.5) is 0 Å². The van der Waals surface area contributed by atoms with Crippen molar-refractivity contribution >= 4 is 0 Å². The fraction of sp³-hybridized carbons (Fsp3) is 0.529. The summed E-state index contributed by atoms with van der Waals surface area (Å²) in [5, 5.41) is 4.06. The van der Waals surface area contributed by atoms with Gasteiger partial charge in [-0.25, -0.2) is 0 Å². The molecular weight excluding hydrogens is 294 g/mol. The maximum atomic E-state index is 5.76. The van der Waals surface area contributed by atoms with Gasteiger partial charge in [0.1, 0.15) is 5.75 Å². The first-order valence-electron chi connectivity index (χ1n) is 8.02. The molecule has 0 amide bonds. The average Bonchev–Trinajstić information content (AvgIpc) is 3.04. The maximum absolute atomic E-state index is 5.76. The summed E-state index contributed by atoms with van der Waals surface area (Å²) in [4.78, 5) is 6.64. The van der Waals surface area contributed by atoms with E-state index in [4.69, 9.17) is 14.0 Å². The molecule has 6 heteroatoms. The summed E-state index contributed by atoms with van der Waals surface area (Å²) in [5.74, 6) is 2.03. The first-order chi connectivity index (χ1) is 11.2. The van der Waals surface area contributed by atoms with Gasteiger partial charge in [0.2, 0.25) is 11.7 Å². The normalized spacial score (nSPS) is 18.3. The van der Waals surface area contributed by atoms with Crippen molar-refractivity contribution < 1.29 is 14.0 Å². The second kappa shape index (κ2) is 7.57. The molecular formula is C17H23N3O3. The zero-order valence-electron chi connectivity index (χ0n) is 13.7. The van der Waals surface area contributed by atoms with Crippen LogP contribution in [0.25, 0.3) is 11.4 Å². The summed E-state index contributed by atoms with van der Waals surface area (Å²) in [7, 11) is 3.70. The third-order valence-corrected chi connectivity index (χ3v) is 4.01. The van der Waals surface area contributed by atoms with Crippen molar-refractivity contribution in [3.05, 3.63) is 30.2 Å². The van der Waals surface area contributed by atoms with Crippen LogP contribution in [-0.2, 0) is 11.3 Å². The molecule has 23 heavy (non-hydrogen) atoms. The molecule has 1 saturated heterocycles. The summed E-state index contributed by atoms with van der Waals surface area (Å²) in [5.41, 5.74) is 0.916. The van der Waals surface area contributed by atoms with Crippen LogP contribution in [0, 0.1) is 0 Å². The Balaban J connectivity index is 1.57. The second-order valence-electron chi connectivity index (χ2n) is 5.93. The highest BCUT2D eigenvalue weighted by molar-refractivity contribution is 5.55. The minimum atomic E-state index is 0.317. The Morgan fingerprint density at radius 1 is 1.26 bits per heavy atom. The topological polar surface area (TPSA) is 60.6 Å². The largest absolute Gasteiger partial charge is 0.497 e. The maximum Gasteiger partial charge on any atom is 0.241 e. The zero-order valence-corrected chi connectivity index (χ0v) is 13.7. The van der Waals surface area contributed by atoms with E-state index in [0.29, 0.717) is 24.4 Å². The van der Waals surface area contributed by atoms with E-state index in [-0.39, 0.29) is 0 Å². The van der Waals surface area contributed by atoms with E-state index in [0.717, 1.165) is 30.9 Å². The quantitative estimate of drug-likeness (QED) is 0.816. The Morgan fingerprint density at radius 3 is 2.78 bits per heavy atom. The van der Waals surface area contributed by atoms with Gasteiger partial charge in [-0.3, -0.25) is 4.90 Å². The predicted molar refractivity (Wildman–Crippen MR) is 86.2 cm³/mol. The number of ether oxygens (including phenoxy) is 2. The standard InChI is InChI=1S/C17H23N3O3/c1-20(11-15-5-3-4-10-22-15)12-16-18-17(19-23-16)13-6-8-14(21-2)9-7-13/h6-9,15H,3-5,10-12H2,1-2H3/t15-/m1/s1. The number of rotatable bonds is 6. The van der Waals surface area contributed by atoms with Gasteiger partial charge in [0, 0.05) is 18.7 Å². The molecule has 0 aliphatic carbocycles. The van der Waals surface area contributed by atoms with Gasteiger partial charge in [-0.1, -0.05) is 5.16 Å². The van der Waals surface area contributed by atoms with Crippen molar-refractivity contribution in [3.63, 3.8) is 0 Å². The Kier molecular flexibility index (Phi) is 5.25. The Labute approximate surface area is 136 Å². The zero-order chi connectivity index (χ0) is 16.1. The monoisotopic (exact) mass is 317 g/mol. The summed E-state index contributed by atoms with van der Waals surface area (Å²) in [6, 6.07) is 7.62. The number of likely N-dealkylation sites (N-methyl/N-ethyl adjacent to an activating group) is 1. The highest BCUT2D eigenvalue weighted by atomic mass is 16.5. The van der Waals surface area contributed by atoms with E-state index in [9.17, 15) is 0 Å². The van der Waals surface area contributed by atoms with Gasteiger partial charge in [0.05, 0.1) is 19.8 Å². The summed E-state index contributed by atoms with van der Waals surface area (Å²) in [6.07, 6.45) is 3.87. The van der Waals surface area contributed by atoms with E-state index in [2.05, 4.69) is 22.1 Å². The average molecular weight is 317 g/mol. The molecule has 1 atom stereocenters. The van der Waals surface area contributed by atoms with Gasteiger partial charge in [-0.05, 0) is 50.6 Å². The highest BCUT2D eigenvalue weighted by Crippen LogP contribution is 2.20. The molecule has 6 nitrogen and oxygen atoms in total. The van der Waals surface area contributed by atoms with Gasteiger partial charge in [0.15, 0.2) is 0 Å². The van der Waals surface area contributed by atoms with Crippen LogP contribution in [0.1, 0.15) is 25.2 Å². The van der Waals surface area contributed by atoms with Crippen molar-refractivity contribution in [1.29, 1.82) is 0 Å². The van der Waals surface area contributed by atoms with E-state index in [1.54, 1.807) is 7.11 Å². The lowest BCUT2D eigenvalue weighted by Crippen LogP contribution is -2.33. The lowest BCUT2D eigenvalue weighted by molar-refractivity contribution is -0.00382. The van der Waals surface area contributed by atoms with E-state index in [1.165, 1.54) is 12.8 Å². The number of hydrogen-bond donors (Lipinski definition) is 0. The van der Waals surface area contributed by atoms with Crippen LogP contribution >= 0.6 is 0 Å². The molecule has 1 aromatic heterocycles. The Bertz CT molecular complexity index is 606. The van der Waals surface area contributed by atoms with Crippen LogP contribution in [0.3, 0.4) is 0 Å². The number of nitrogens with zero attached hydrogens (tertiary/aromatic N) is 3. The minimum Gasteiger partial charge on any atom is -0.497 e. The van der Waals surface area contributed by atoms with Crippen molar-refractivity contribution in [3.8, 4) is 17.1 Å². The van der Waals surface area contributed by atoms with Gasteiger partial charge < -0.3 is 14.0 Å². The molecule has 1 fully saturated rings. The lowest BCUT2D eigenvalue weighted by Gasteiger charge is -2.26. The number of benzene rings is 1. The third-order valence-electron chi connectivity index (χ3n) is 4.01. The molecule has 0 saturated carbocycles. The summed E-state index contributed by atoms with van der Waals surface area (Å²) in [6.45, 7) is 2.39. The molecule has 3 rings (SSSR count). The van der Waals surface area contributed by atoms with E-state index >= 15 is 0 Å². The second-order valence-corrected chi connectivity index (χ2v) is 5.93. The van der Waals surface area contributed by atoms with E-state index < -0.39 is 0 Å². The van der Waals surface area contributed by atoms with Gasteiger partial charge >= 0.3 is 0 Å². The van der Waals surface area contributed by atoms with Crippen molar-refractivity contribution in [2.24, 2.45) is 0 Å². The van der Waals surface area contributed by atoms with Crippen LogP contribution in [-0.4, -0.2) is 48.5 Å². The molecule has 124 valence electrons. The number of aromatic nitrogens is 2. The summed E-state index contributed by atoms with van der Waals surface area (Å²) >= 11 is 0. The number of methoxy groups -OCH3 is 1. The lowest BCUT2D eigenvalue weighted by atomic mass is 10.1. The molecule has 1 aliphatic rings. The molecule has 2 heterocycles. The van der Waals surface area contributed by atoms with Gasteiger partial charge in [0.25, 0.3) is 0 Å². The minimum absolute atomic E-state index is 0.317. The molecule has 0 radical (unpaired) electrons. The number of hydrogen-bond acceptors (Lipinski definition) is 6. The Hall–Kier alpha value is -1.92. The van der Waals surface area contributed by atoms with Crippen molar-refractivity contribution in [2.75, 3.05) is 27.3 Å². The molecule has 0 unspecified atom stereocenters. The van der Waals surface area contributed by atoms with Crippen LogP contribution in [0.2, 0.25) is 0 Å². The van der Waals surface area contributed by atoms with Crippen LogP contribution < -0.4 is 4.74 Å². The molecule has 1 aliphatic heterocycles. The van der Waals surface area contributed by atoms with Crippen molar-refractivity contribution in [2.45, 2.75) is 31.9 Å². The third kappa shape index (κ3) is 4.30. The highest BCUT2D eigenvalue weighted by Gasteiger charge is 2.17. The molecule has 0 bridgehead atoms. The molecule has 0 N–H and O–H groups in total. The SMILES string of the molecule is COc1ccc(-c2noc(CN(C)C[C@H]3CCCCO3)n2)cc1. The summed E-state index contributed by atoms with van der Waals surface area (Å²) < 4.78 is 16.3. The fourth-order valence-corrected chi connectivity index (χ4v) is 2.77. The molecule has 0 spiro atoms. The molecule has 1 aromatic carbocycles. The molecule has 2 aromatic rings. The Morgan fingerprint density at radius 2 is 2.09 bits per heavy atom. The first-order valence-corrected chi connectivity index (χ1v) is 8.02. The smallest absolute Gasteiger partial charge is 0.241 e. The predicted octanol–water partition coefficient (Wildman–Crippen LogP) is 2.75. The van der Waals surface area contributed by atoms with Crippen LogP contribution in [0.5, 0.6) is 5.75 Å².